The number of anilines is 2. The van der Waals surface area contributed by atoms with Gasteiger partial charge < -0.3 is 5.32 Å². The van der Waals surface area contributed by atoms with Gasteiger partial charge in [0.05, 0.1) is 4.90 Å². The van der Waals surface area contributed by atoms with Gasteiger partial charge in [0.15, 0.2) is 5.82 Å². The van der Waals surface area contributed by atoms with Crippen LogP contribution < -0.4 is 10.0 Å². The predicted octanol–water partition coefficient (Wildman–Crippen LogP) is 5.41. The van der Waals surface area contributed by atoms with E-state index in [0.29, 0.717) is 22.6 Å². The lowest BCUT2D eigenvalue weighted by Gasteiger charge is -2.14. The zero-order chi connectivity index (χ0) is 23.0. The number of aryl methyl sites for hydroxylation is 1. The average molecular weight is 455 g/mol. The van der Waals surface area contributed by atoms with Crippen molar-refractivity contribution in [2.24, 2.45) is 0 Å². The number of hydrogen-bond donors (Lipinski definition) is 2. The molecule has 0 saturated carbocycles. The van der Waals surface area contributed by atoms with Crippen molar-refractivity contribution < 1.29 is 8.42 Å². The van der Waals surface area contributed by atoms with E-state index in [2.05, 4.69) is 38.4 Å². The number of nitrogens with zero attached hydrogens (tertiary/aromatic N) is 2. The minimum Gasteiger partial charge on any atom is -0.338 e. The van der Waals surface area contributed by atoms with Gasteiger partial charge in [-0.2, -0.15) is 0 Å². The van der Waals surface area contributed by atoms with Crippen molar-refractivity contribution in [1.82, 2.24) is 14.9 Å². The molecule has 5 aromatic rings. The number of aromatic nitrogens is 2. The van der Waals surface area contributed by atoms with E-state index >= 15 is 0 Å². The molecule has 0 unspecified atom stereocenters. The molecular formula is C26H22N4O2S. The van der Waals surface area contributed by atoms with E-state index in [0.717, 1.165) is 27.2 Å². The van der Waals surface area contributed by atoms with Gasteiger partial charge in [0.2, 0.25) is 10.0 Å². The molecule has 0 radical (unpaired) electrons. The van der Waals surface area contributed by atoms with Crippen LogP contribution in [0, 0.1) is 6.92 Å². The van der Waals surface area contributed by atoms with E-state index in [1.54, 1.807) is 19.1 Å². The molecule has 7 heteroatoms. The lowest BCUT2D eigenvalue weighted by molar-refractivity contribution is 0.587. The molecule has 0 aliphatic heterocycles. The molecule has 33 heavy (non-hydrogen) atoms. The third kappa shape index (κ3) is 3.82. The second-order valence-electron chi connectivity index (χ2n) is 7.78. The number of sulfonamides is 1. The van der Waals surface area contributed by atoms with Crippen LogP contribution >= 0.6 is 0 Å². The Labute approximate surface area is 192 Å². The Bertz CT molecular complexity index is 1610. The zero-order valence-electron chi connectivity index (χ0n) is 18.2. The van der Waals surface area contributed by atoms with E-state index in [-0.39, 0.29) is 4.90 Å². The predicted molar refractivity (Wildman–Crippen MR) is 133 cm³/mol. The van der Waals surface area contributed by atoms with Gasteiger partial charge in [0.25, 0.3) is 0 Å². The number of benzene rings is 4. The van der Waals surface area contributed by atoms with Crippen LogP contribution in [0.15, 0.2) is 89.8 Å². The van der Waals surface area contributed by atoms with Crippen LogP contribution in [0.5, 0.6) is 0 Å². The quantitative estimate of drug-likeness (QED) is 0.371. The summed E-state index contributed by atoms with van der Waals surface area (Å²) in [5, 5.41) is 16.4. The number of rotatable bonds is 5. The molecule has 164 valence electrons. The van der Waals surface area contributed by atoms with Crippen molar-refractivity contribution in [2.75, 3.05) is 12.4 Å². The van der Waals surface area contributed by atoms with E-state index < -0.39 is 10.0 Å². The lowest BCUT2D eigenvalue weighted by atomic mass is 10.0. The van der Waals surface area contributed by atoms with Crippen LogP contribution in [0.25, 0.3) is 32.8 Å². The molecule has 0 amide bonds. The topological polar surface area (TPSA) is 84.0 Å². The fraction of sp³-hybridized carbons (Fsp3) is 0.0769. The Kier molecular flexibility index (Phi) is 5.28. The van der Waals surface area contributed by atoms with Crippen molar-refractivity contribution in [2.45, 2.75) is 11.8 Å². The zero-order valence-corrected chi connectivity index (χ0v) is 19.0. The number of nitrogens with one attached hydrogen (secondary N) is 2. The largest absolute Gasteiger partial charge is 0.338 e. The van der Waals surface area contributed by atoms with Crippen molar-refractivity contribution >= 4 is 43.1 Å². The third-order valence-corrected chi connectivity index (χ3v) is 7.31. The monoisotopic (exact) mass is 454 g/mol. The van der Waals surface area contributed by atoms with Crippen LogP contribution in [-0.4, -0.2) is 25.7 Å². The van der Waals surface area contributed by atoms with Gasteiger partial charge in [-0.15, -0.1) is 10.2 Å². The van der Waals surface area contributed by atoms with E-state index in [9.17, 15) is 8.42 Å². The maximum Gasteiger partial charge on any atom is 0.240 e. The molecule has 0 aliphatic carbocycles. The number of fused-ring (bicyclic) bond motifs is 2. The van der Waals surface area contributed by atoms with Gasteiger partial charge in [-0.3, -0.25) is 0 Å². The van der Waals surface area contributed by atoms with Gasteiger partial charge in [0.1, 0.15) is 5.69 Å². The fourth-order valence-electron chi connectivity index (χ4n) is 4.02. The molecular weight excluding hydrogens is 432 g/mol. The molecule has 0 bridgehead atoms. The molecule has 0 saturated heterocycles. The molecule has 0 fully saturated rings. The summed E-state index contributed by atoms with van der Waals surface area (Å²) in [6, 6.07) is 27.4. The molecule has 0 aliphatic rings. The summed E-state index contributed by atoms with van der Waals surface area (Å²) in [6.07, 6.45) is 0. The van der Waals surface area contributed by atoms with Gasteiger partial charge >= 0.3 is 0 Å². The maximum absolute atomic E-state index is 12.5. The molecule has 0 atom stereocenters. The molecule has 6 nitrogen and oxygen atoms in total. The SMILES string of the molecule is CNS(=O)(=O)c1cc(-c2nnc(Nc3cccc4ccccc34)c3ccccc23)ccc1C. The summed E-state index contributed by atoms with van der Waals surface area (Å²) in [4.78, 5) is 0.228. The van der Waals surface area contributed by atoms with Crippen LogP contribution in [0.4, 0.5) is 11.5 Å². The average Bonchev–Trinajstić information content (AvgIpc) is 2.85. The van der Waals surface area contributed by atoms with Crippen LogP contribution in [0.2, 0.25) is 0 Å². The van der Waals surface area contributed by atoms with Crippen LogP contribution in [-0.2, 0) is 10.0 Å². The summed E-state index contributed by atoms with van der Waals surface area (Å²) < 4.78 is 27.3. The van der Waals surface area contributed by atoms with Gasteiger partial charge in [-0.25, -0.2) is 13.1 Å². The second kappa shape index (κ2) is 8.27. The molecule has 4 aromatic carbocycles. The Balaban J connectivity index is 1.65. The first kappa shape index (κ1) is 21.1. The summed E-state index contributed by atoms with van der Waals surface area (Å²) in [5.41, 5.74) is 2.93. The van der Waals surface area contributed by atoms with Crippen LogP contribution in [0.3, 0.4) is 0 Å². The summed E-state index contributed by atoms with van der Waals surface area (Å²) >= 11 is 0. The Morgan fingerprint density at radius 3 is 2.24 bits per heavy atom. The van der Waals surface area contributed by atoms with E-state index in [1.807, 2.05) is 54.6 Å². The van der Waals surface area contributed by atoms with E-state index in [1.165, 1.54) is 7.05 Å². The van der Waals surface area contributed by atoms with Crippen molar-refractivity contribution in [3.8, 4) is 11.3 Å². The highest BCUT2D eigenvalue weighted by atomic mass is 32.2. The standard InChI is InChI=1S/C26H22N4O2S/c1-17-14-15-19(16-24(17)33(31,32)27-2)25-21-11-5-6-12-22(21)26(30-29-25)28-23-13-7-9-18-8-3-4-10-20(18)23/h3-16,27H,1-2H3,(H,28,30). The Hall–Kier alpha value is -3.81. The Morgan fingerprint density at radius 1 is 0.758 bits per heavy atom. The first-order chi connectivity index (χ1) is 16.0. The minimum atomic E-state index is -3.59. The molecule has 2 N–H and O–H groups in total. The molecule has 0 spiro atoms. The fourth-order valence-corrected chi connectivity index (χ4v) is 5.01. The highest BCUT2D eigenvalue weighted by Gasteiger charge is 2.18. The smallest absolute Gasteiger partial charge is 0.240 e. The van der Waals surface area contributed by atoms with Gasteiger partial charge in [-0.1, -0.05) is 72.8 Å². The summed E-state index contributed by atoms with van der Waals surface area (Å²) in [5.74, 6) is 0.640. The highest BCUT2D eigenvalue weighted by Crippen LogP contribution is 2.34. The lowest BCUT2D eigenvalue weighted by Crippen LogP contribution is -2.19. The summed E-state index contributed by atoms with van der Waals surface area (Å²) in [6.45, 7) is 1.77. The highest BCUT2D eigenvalue weighted by molar-refractivity contribution is 7.89. The minimum absolute atomic E-state index is 0.228. The maximum atomic E-state index is 12.5. The van der Waals surface area contributed by atoms with Gasteiger partial charge in [0, 0.05) is 27.4 Å². The van der Waals surface area contributed by atoms with Crippen molar-refractivity contribution in [3.05, 3.63) is 90.5 Å². The van der Waals surface area contributed by atoms with E-state index in [4.69, 9.17) is 0 Å². The van der Waals surface area contributed by atoms with Gasteiger partial charge in [-0.05, 0) is 37.1 Å². The molecule has 1 heterocycles. The summed E-state index contributed by atoms with van der Waals surface area (Å²) in [7, 11) is -2.19. The van der Waals surface area contributed by atoms with Crippen LogP contribution in [0.1, 0.15) is 5.56 Å². The number of hydrogen-bond acceptors (Lipinski definition) is 5. The third-order valence-electron chi connectivity index (χ3n) is 5.75. The van der Waals surface area contributed by atoms with Crippen molar-refractivity contribution in [1.29, 1.82) is 0 Å². The normalized spacial score (nSPS) is 11.7. The second-order valence-corrected chi connectivity index (χ2v) is 9.64. The van der Waals surface area contributed by atoms with Crippen molar-refractivity contribution in [3.63, 3.8) is 0 Å². The first-order valence-electron chi connectivity index (χ1n) is 10.5. The molecule has 1 aromatic heterocycles. The Morgan fingerprint density at radius 2 is 1.45 bits per heavy atom. The molecule has 5 rings (SSSR count). The first-order valence-corrected chi connectivity index (χ1v) is 12.0.